The Morgan fingerprint density at radius 1 is 0.843 bits per heavy atom. The standard InChI is InChI=1S/C34H35N9O8/c1-22-36-38-31(39-37-22)24-6-10-25(11-7-24)34(4,5)49-19-18-33(2,3)41-28(21-35-40-41)20-30(23-8-12-26(13-9-23)42(45)46)51-32(44)50-29-16-14-27(15-17-29)43(47)48/h6-17,21,30H,18-20H2,1-5H3. The van der Waals surface area contributed by atoms with E-state index in [1.807, 2.05) is 52.0 Å². The van der Waals surface area contributed by atoms with Crippen LogP contribution in [0.2, 0.25) is 0 Å². The molecule has 17 nitrogen and oxygen atoms in total. The van der Waals surface area contributed by atoms with Crippen LogP contribution in [0.25, 0.3) is 11.4 Å². The monoisotopic (exact) mass is 697 g/mol. The molecule has 0 fully saturated rings. The molecule has 17 heteroatoms. The number of aryl methyl sites for hydroxylation is 1. The maximum atomic E-state index is 12.9. The van der Waals surface area contributed by atoms with Gasteiger partial charge in [-0.05, 0) is 76.4 Å². The van der Waals surface area contributed by atoms with E-state index in [0.29, 0.717) is 35.9 Å². The first-order valence-corrected chi connectivity index (χ1v) is 15.8. The van der Waals surface area contributed by atoms with E-state index in [1.54, 1.807) is 17.8 Å². The number of carbonyl (C=O) groups is 1. The van der Waals surface area contributed by atoms with Gasteiger partial charge in [0, 0.05) is 36.2 Å². The minimum atomic E-state index is -1.08. The molecule has 0 aliphatic heterocycles. The number of nitro benzene ring substituents is 2. The van der Waals surface area contributed by atoms with Crippen LogP contribution in [0, 0.1) is 27.2 Å². The van der Waals surface area contributed by atoms with Crippen LogP contribution in [0.3, 0.4) is 0 Å². The van der Waals surface area contributed by atoms with E-state index in [4.69, 9.17) is 14.2 Å². The fraction of sp³-hybridized carbons (Fsp3) is 0.324. The molecule has 0 saturated heterocycles. The average molecular weight is 698 g/mol. The number of hydrogen-bond donors (Lipinski definition) is 0. The molecule has 1 atom stereocenters. The molecule has 0 bridgehead atoms. The van der Waals surface area contributed by atoms with Crippen molar-refractivity contribution in [3.05, 3.63) is 122 Å². The van der Waals surface area contributed by atoms with Crippen LogP contribution in [0.1, 0.15) is 62.9 Å². The fourth-order valence-electron chi connectivity index (χ4n) is 5.17. The number of aromatic nitrogens is 7. The average Bonchev–Trinajstić information content (AvgIpc) is 3.58. The molecule has 0 amide bonds. The van der Waals surface area contributed by atoms with Crippen molar-refractivity contribution < 1.29 is 28.9 Å². The summed E-state index contributed by atoms with van der Waals surface area (Å²) in [6, 6.07) is 18.2. The second-order valence-electron chi connectivity index (χ2n) is 12.7. The Bertz CT molecular complexity index is 1980. The molecule has 5 aromatic rings. The van der Waals surface area contributed by atoms with Gasteiger partial charge in [-0.2, -0.15) is 0 Å². The first-order chi connectivity index (χ1) is 24.2. The highest BCUT2D eigenvalue weighted by Gasteiger charge is 2.30. The third-order valence-corrected chi connectivity index (χ3v) is 8.14. The SMILES string of the molecule is Cc1nnc(-c2ccc(C(C)(C)OCCC(C)(C)n3nncc3CC(OC(=O)Oc3ccc([N+](=O)[O-])cc3)c3ccc([N+](=O)[O-])cc3)cc2)nn1. The second-order valence-corrected chi connectivity index (χ2v) is 12.7. The molecule has 1 unspecified atom stereocenters. The molecule has 2 heterocycles. The molecule has 0 spiro atoms. The molecule has 3 aromatic carbocycles. The predicted octanol–water partition coefficient (Wildman–Crippen LogP) is 6.23. The lowest BCUT2D eigenvalue weighted by molar-refractivity contribution is -0.385. The van der Waals surface area contributed by atoms with E-state index in [0.717, 1.165) is 11.1 Å². The largest absolute Gasteiger partial charge is 0.514 e. The van der Waals surface area contributed by atoms with Crippen LogP contribution in [-0.4, -0.2) is 58.0 Å². The maximum Gasteiger partial charge on any atom is 0.514 e. The molecule has 0 radical (unpaired) electrons. The molecule has 0 N–H and O–H groups in total. The Kier molecular flexibility index (Phi) is 10.7. The molecule has 2 aromatic heterocycles. The van der Waals surface area contributed by atoms with Gasteiger partial charge in [-0.25, -0.2) is 9.48 Å². The van der Waals surface area contributed by atoms with E-state index in [1.165, 1.54) is 48.5 Å². The number of non-ortho nitro benzene ring substituents is 2. The fourth-order valence-corrected chi connectivity index (χ4v) is 5.17. The van der Waals surface area contributed by atoms with Crippen molar-refractivity contribution >= 4 is 17.5 Å². The van der Waals surface area contributed by atoms with Crippen molar-refractivity contribution in [2.24, 2.45) is 0 Å². The molecule has 5 rings (SSSR count). The number of nitrogens with zero attached hydrogens (tertiary/aromatic N) is 9. The first-order valence-electron chi connectivity index (χ1n) is 15.8. The van der Waals surface area contributed by atoms with Gasteiger partial charge >= 0.3 is 6.16 Å². The van der Waals surface area contributed by atoms with Gasteiger partial charge in [-0.1, -0.05) is 29.5 Å². The maximum absolute atomic E-state index is 12.9. The van der Waals surface area contributed by atoms with Gasteiger partial charge in [0.25, 0.3) is 11.4 Å². The number of ether oxygens (including phenoxy) is 3. The zero-order valence-corrected chi connectivity index (χ0v) is 28.5. The summed E-state index contributed by atoms with van der Waals surface area (Å²) >= 11 is 0. The van der Waals surface area contributed by atoms with Crippen LogP contribution in [0.4, 0.5) is 16.2 Å². The summed E-state index contributed by atoms with van der Waals surface area (Å²) in [4.78, 5) is 34.0. The molecular formula is C34H35N9O8. The van der Waals surface area contributed by atoms with Crippen molar-refractivity contribution in [2.45, 2.75) is 64.7 Å². The molecule has 51 heavy (non-hydrogen) atoms. The lowest BCUT2D eigenvalue weighted by Gasteiger charge is -2.31. The lowest BCUT2D eigenvalue weighted by atomic mass is 9.96. The zero-order valence-electron chi connectivity index (χ0n) is 28.5. The third-order valence-electron chi connectivity index (χ3n) is 8.14. The summed E-state index contributed by atoms with van der Waals surface area (Å²) in [5, 5.41) is 46.8. The number of rotatable bonds is 14. The predicted molar refractivity (Wildman–Crippen MR) is 180 cm³/mol. The van der Waals surface area contributed by atoms with Crippen molar-refractivity contribution in [1.29, 1.82) is 0 Å². The summed E-state index contributed by atoms with van der Waals surface area (Å²) in [7, 11) is 0. The quantitative estimate of drug-likeness (QED) is 0.0545. The summed E-state index contributed by atoms with van der Waals surface area (Å²) in [6.45, 7) is 9.99. The van der Waals surface area contributed by atoms with Gasteiger partial charge in [-0.3, -0.25) is 20.2 Å². The third kappa shape index (κ3) is 9.07. The van der Waals surface area contributed by atoms with Crippen LogP contribution in [0.5, 0.6) is 5.75 Å². The summed E-state index contributed by atoms with van der Waals surface area (Å²) < 4.78 is 19.1. The Hall–Kier alpha value is -6.23. The zero-order chi connectivity index (χ0) is 36.8. The number of nitro groups is 2. The van der Waals surface area contributed by atoms with Crippen molar-refractivity contribution in [3.8, 4) is 17.1 Å². The van der Waals surface area contributed by atoms with E-state index in [2.05, 4.69) is 30.7 Å². The van der Waals surface area contributed by atoms with Crippen LogP contribution in [-0.2, 0) is 27.0 Å². The minimum Gasteiger partial charge on any atom is -0.425 e. The normalized spacial score (nSPS) is 12.3. The van der Waals surface area contributed by atoms with E-state index < -0.39 is 33.2 Å². The molecule has 0 saturated carbocycles. The van der Waals surface area contributed by atoms with Crippen LogP contribution in [0.15, 0.2) is 79.0 Å². The van der Waals surface area contributed by atoms with Gasteiger partial charge in [0.1, 0.15) is 11.9 Å². The molecule has 264 valence electrons. The molecular weight excluding hydrogens is 662 g/mol. The van der Waals surface area contributed by atoms with Crippen LogP contribution >= 0.6 is 0 Å². The number of hydrogen-bond acceptors (Lipinski definition) is 14. The van der Waals surface area contributed by atoms with E-state index >= 15 is 0 Å². The van der Waals surface area contributed by atoms with Crippen molar-refractivity contribution in [3.63, 3.8) is 0 Å². The Morgan fingerprint density at radius 2 is 1.43 bits per heavy atom. The number of benzene rings is 3. The van der Waals surface area contributed by atoms with E-state index in [9.17, 15) is 25.0 Å². The molecule has 0 aliphatic rings. The Labute approximate surface area is 291 Å². The van der Waals surface area contributed by atoms with Gasteiger partial charge in [0.05, 0.1) is 39.5 Å². The smallest absolute Gasteiger partial charge is 0.425 e. The summed E-state index contributed by atoms with van der Waals surface area (Å²) in [5.74, 6) is 0.957. The van der Waals surface area contributed by atoms with Gasteiger partial charge in [0.2, 0.25) is 5.82 Å². The Balaban J connectivity index is 1.27. The highest BCUT2D eigenvalue weighted by Crippen LogP contribution is 2.31. The summed E-state index contributed by atoms with van der Waals surface area (Å²) in [6.07, 6.45) is 0.150. The Morgan fingerprint density at radius 3 is 2.02 bits per heavy atom. The summed E-state index contributed by atoms with van der Waals surface area (Å²) in [5.41, 5.74) is 1.26. The van der Waals surface area contributed by atoms with Crippen LogP contribution < -0.4 is 4.74 Å². The molecule has 0 aliphatic carbocycles. The highest BCUT2D eigenvalue weighted by atomic mass is 16.7. The van der Waals surface area contributed by atoms with Gasteiger partial charge in [0.15, 0.2) is 5.82 Å². The van der Waals surface area contributed by atoms with Crippen molar-refractivity contribution in [1.82, 2.24) is 35.4 Å². The topological polar surface area (TPSA) is 213 Å². The number of carbonyl (C=O) groups excluding carboxylic acids is 1. The highest BCUT2D eigenvalue weighted by molar-refractivity contribution is 5.64. The minimum absolute atomic E-state index is 0.0367. The van der Waals surface area contributed by atoms with Gasteiger partial charge < -0.3 is 14.2 Å². The van der Waals surface area contributed by atoms with E-state index in [-0.39, 0.29) is 23.5 Å². The second kappa shape index (κ2) is 15.1. The first kappa shape index (κ1) is 36.1. The van der Waals surface area contributed by atoms with Crippen molar-refractivity contribution in [2.75, 3.05) is 6.61 Å². The lowest BCUT2D eigenvalue weighted by Crippen LogP contribution is -2.33. The van der Waals surface area contributed by atoms with Gasteiger partial charge in [-0.15, -0.1) is 25.5 Å².